The van der Waals surface area contributed by atoms with Gasteiger partial charge in [-0.05, 0) is 0 Å². The topological polar surface area (TPSA) is 178 Å². The zero-order chi connectivity index (χ0) is 9.72. The first-order valence-electron chi connectivity index (χ1n) is 3.33. The van der Waals surface area contributed by atoms with Crippen LogP contribution in [0.2, 0.25) is 0 Å². The molecule has 0 heterocycles. The molecule has 9 heteroatoms. The van der Waals surface area contributed by atoms with Gasteiger partial charge in [-0.25, -0.2) is 0 Å². The van der Waals surface area contributed by atoms with Gasteiger partial charge in [-0.1, -0.05) is 0 Å². The summed E-state index contributed by atoms with van der Waals surface area (Å²) in [5.74, 6) is 0. The van der Waals surface area contributed by atoms with Crippen LogP contribution >= 0.6 is 0 Å². The van der Waals surface area contributed by atoms with Crippen molar-refractivity contribution in [2.24, 2.45) is 0 Å². The molecule has 0 saturated carbocycles. The molecule has 0 amide bonds. The van der Waals surface area contributed by atoms with Crippen LogP contribution in [0.1, 0.15) is 0 Å². The normalized spacial score (nSPS) is 16.9. The van der Waals surface area contributed by atoms with Gasteiger partial charge in [-0.2, -0.15) is 0 Å². The average molecular weight is 254 g/mol. The largest absolute Gasteiger partial charge is 2.00 e. The first kappa shape index (κ1) is 24.7. The van der Waals surface area contributed by atoms with E-state index in [0.29, 0.717) is 0 Å². The van der Waals surface area contributed by atoms with Gasteiger partial charge in [0.25, 0.3) is 0 Å². The molecule has 15 heavy (non-hydrogen) atoms. The summed E-state index contributed by atoms with van der Waals surface area (Å²) >= 11 is 0. The molecular weight excluding hydrogens is 240 g/mol. The molecule has 0 aliphatic rings. The minimum absolute atomic E-state index is 0. The van der Waals surface area contributed by atoms with Gasteiger partial charge < -0.3 is 41.3 Å². The Morgan fingerprint density at radius 2 is 1.40 bits per heavy atom. The zero-order valence-electron chi connectivity index (χ0n) is 7.84. The van der Waals surface area contributed by atoms with Gasteiger partial charge >= 0.3 is 37.7 Å². The molecule has 0 aromatic heterocycles. The molecule has 0 aromatic rings. The van der Waals surface area contributed by atoms with E-state index in [1.165, 1.54) is 0 Å². The standard InChI is InChI=1S/C6H12O6.Ca.2H2O/c7-1-3(9)5(11)6(12)4(10)2-8;;;/h1,3-6,8-12H,2H2;;2*1H2/q;+2;;/p-2. The number of aliphatic hydroxyl groups excluding tert-OH is 5. The summed E-state index contributed by atoms with van der Waals surface area (Å²) in [5, 5.41) is 43.5. The fourth-order valence-electron chi connectivity index (χ4n) is 0.618. The molecule has 0 radical (unpaired) electrons. The van der Waals surface area contributed by atoms with Gasteiger partial charge in [0.15, 0.2) is 6.29 Å². The van der Waals surface area contributed by atoms with E-state index in [2.05, 4.69) is 0 Å². The zero-order valence-corrected chi connectivity index (χ0v) is 10.0. The third kappa shape index (κ3) is 8.46. The van der Waals surface area contributed by atoms with Crippen LogP contribution in [0, 0.1) is 0 Å². The maximum Gasteiger partial charge on any atom is 2.00 e. The van der Waals surface area contributed by atoms with Crippen molar-refractivity contribution in [3.8, 4) is 0 Å². The minimum Gasteiger partial charge on any atom is -0.870 e. The van der Waals surface area contributed by atoms with Crippen molar-refractivity contribution in [3.05, 3.63) is 0 Å². The minimum atomic E-state index is -1.79. The van der Waals surface area contributed by atoms with E-state index < -0.39 is 31.0 Å². The molecular formula is C6H14CaO8. The molecule has 0 aromatic carbocycles. The van der Waals surface area contributed by atoms with Crippen molar-refractivity contribution in [1.29, 1.82) is 0 Å². The molecule has 0 rings (SSSR count). The molecule has 0 fully saturated rings. The number of hydrogen-bond donors (Lipinski definition) is 5. The van der Waals surface area contributed by atoms with Crippen molar-refractivity contribution >= 4 is 44.0 Å². The van der Waals surface area contributed by atoms with E-state index in [4.69, 9.17) is 25.5 Å². The summed E-state index contributed by atoms with van der Waals surface area (Å²) in [6.07, 6.45) is -6.84. The summed E-state index contributed by atoms with van der Waals surface area (Å²) in [5.41, 5.74) is 0. The van der Waals surface area contributed by atoms with Crippen LogP contribution in [-0.2, 0) is 4.79 Å². The first-order valence-corrected chi connectivity index (χ1v) is 3.33. The van der Waals surface area contributed by atoms with Crippen molar-refractivity contribution in [3.63, 3.8) is 0 Å². The third-order valence-electron chi connectivity index (χ3n) is 1.42. The first-order chi connectivity index (χ1) is 5.54. The molecule has 0 saturated heterocycles. The van der Waals surface area contributed by atoms with E-state index in [-0.39, 0.29) is 55.0 Å². The number of aldehydes is 1. The summed E-state index contributed by atoms with van der Waals surface area (Å²) in [6.45, 7) is -0.760. The van der Waals surface area contributed by atoms with Crippen molar-refractivity contribution in [1.82, 2.24) is 0 Å². The third-order valence-corrected chi connectivity index (χ3v) is 1.42. The van der Waals surface area contributed by atoms with E-state index >= 15 is 0 Å². The second-order valence-corrected chi connectivity index (χ2v) is 2.36. The molecule has 4 atom stereocenters. The fraction of sp³-hybridized carbons (Fsp3) is 0.833. The van der Waals surface area contributed by atoms with Crippen LogP contribution in [0.4, 0.5) is 0 Å². The Kier molecular flexibility index (Phi) is 21.0. The summed E-state index contributed by atoms with van der Waals surface area (Å²) in [4.78, 5) is 9.90. The van der Waals surface area contributed by atoms with Crippen molar-refractivity contribution in [2.75, 3.05) is 6.61 Å². The summed E-state index contributed by atoms with van der Waals surface area (Å²) in [7, 11) is 0. The van der Waals surface area contributed by atoms with Crippen LogP contribution in [0.25, 0.3) is 0 Å². The van der Waals surface area contributed by atoms with Gasteiger partial charge in [0.2, 0.25) is 0 Å². The second kappa shape index (κ2) is 12.7. The quantitative estimate of drug-likeness (QED) is 0.242. The van der Waals surface area contributed by atoms with Crippen LogP contribution in [0.5, 0.6) is 0 Å². The Morgan fingerprint density at radius 3 is 1.67 bits per heavy atom. The second-order valence-electron chi connectivity index (χ2n) is 2.36. The Labute approximate surface area is 116 Å². The number of aliphatic hydroxyl groups is 5. The van der Waals surface area contributed by atoms with Gasteiger partial charge in [0, 0.05) is 0 Å². The number of carbonyl (C=O) groups is 1. The van der Waals surface area contributed by atoms with Crippen LogP contribution in [-0.4, -0.2) is 112 Å². The van der Waals surface area contributed by atoms with E-state index in [1.54, 1.807) is 0 Å². The Hall–Kier alpha value is 0.650. The van der Waals surface area contributed by atoms with Crippen molar-refractivity contribution in [2.45, 2.75) is 24.4 Å². The maximum atomic E-state index is 9.90. The molecule has 88 valence electrons. The predicted molar refractivity (Wildman–Crippen MR) is 46.8 cm³/mol. The van der Waals surface area contributed by atoms with Gasteiger partial charge in [-0.3, -0.25) is 0 Å². The monoisotopic (exact) mass is 254 g/mol. The Morgan fingerprint density at radius 1 is 1.00 bits per heavy atom. The molecule has 0 bridgehead atoms. The summed E-state index contributed by atoms with van der Waals surface area (Å²) < 4.78 is 0. The maximum absolute atomic E-state index is 9.90. The molecule has 4 unspecified atom stereocenters. The van der Waals surface area contributed by atoms with E-state index in [1.807, 2.05) is 0 Å². The molecule has 0 spiro atoms. The summed E-state index contributed by atoms with van der Waals surface area (Å²) in [6, 6.07) is 0. The molecule has 7 N–H and O–H groups in total. The van der Waals surface area contributed by atoms with Crippen LogP contribution in [0.15, 0.2) is 0 Å². The van der Waals surface area contributed by atoms with Crippen LogP contribution in [0.3, 0.4) is 0 Å². The van der Waals surface area contributed by atoms with Gasteiger partial charge in [0.1, 0.15) is 24.4 Å². The van der Waals surface area contributed by atoms with Crippen molar-refractivity contribution < 1.29 is 41.3 Å². The number of carbonyl (C=O) groups excluding carboxylic acids is 1. The average Bonchev–Trinajstić information content (AvgIpc) is 2.12. The molecule has 0 aliphatic carbocycles. The SMILES string of the molecule is O=CC(O)C(O)C(O)C(O)CO.[Ca+2].[OH-].[OH-]. The Bertz CT molecular complexity index is 145. The molecule has 0 aliphatic heterocycles. The molecule has 8 nitrogen and oxygen atoms in total. The van der Waals surface area contributed by atoms with Gasteiger partial charge in [-0.15, -0.1) is 0 Å². The fourth-order valence-corrected chi connectivity index (χ4v) is 0.618. The van der Waals surface area contributed by atoms with E-state index in [0.717, 1.165) is 0 Å². The number of hydrogen-bond acceptors (Lipinski definition) is 8. The Balaban J connectivity index is -0.000000202. The van der Waals surface area contributed by atoms with E-state index in [9.17, 15) is 4.79 Å². The predicted octanol–water partition coefficient (Wildman–Crippen LogP) is -4.11. The smallest absolute Gasteiger partial charge is 0.870 e. The number of rotatable bonds is 5. The van der Waals surface area contributed by atoms with Gasteiger partial charge in [0.05, 0.1) is 6.61 Å². The van der Waals surface area contributed by atoms with Crippen LogP contribution < -0.4 is 0 Å².